The summed E-state index contributed by atoms with van der Waals surface area (Å²) in [6.45, 7) is 4.90. The fourth-order valence-corrected chi connectivity index (χ4v) is 8.17. The largest absolute Gasteiger partial charge is 0.466 e. The van der Waals surface area contributed by atoms with Crippen molar-refractivity contribution in [2.24, 2.45) is 0 Å². The van der Waals surface area contributed by atoms with Crippen molar-refractivity contribution in [2.75, 3.05) is 13.2 Å². The first kappa shape index (κ1) is 55.9. The number of unbranched alkanes of at least 4 members (excludes halogenated alkanes) is 37. The van der Waals surface area contributed by atoms with Crippen molar-refractivity contribution in [2.45, 2.75) is 302 Å². The average molecular weight is 808 g/mol. The van der Waals surface area contributed by atoms with E-state index in [4.69, 9.17) is 4.74 Å². The molecule has 2 atom stereocenters. The van der Waals surface area contributed by atoms with E-state index < -0.39 is 12.1 Å². The van der Waals surface area contributed by atoms with Crippen LogP contribution in [0.15, 0.2) is 0 Å². The Kier molecular flexibility index (Phi) is 46.6. The minimum atomic E-state index is -0.679. The van der Waals surface area contributed by atoms with Gasteiger partial charge in [-0.2, -0.15) is 0 Å². The molecule has 0 aliphatic heterocycles. The molecule has 0 aliphatic rings. The number of aliphatic hydroxyl groups is 2. The number of aliphatic hydroxyl groups excluding tert-OH is 2. The minimum absolute atomic E-state index is 0.0201. The van der Waals surface area contributed by atoms with Crippen molar-refractivity contribution in [1.29, 1.82) is 0 Å². The molecule has 57 heavy (non-hydrogen) atoms. The quantitative estimate of drug-likeness (QED) is 0.0420. The number of hydrogen-bond acceptors (Lipinski definition) is 5. The van der Waals surface area contributed by atoms with Crippen LogP contribution in [0.1, 0.15) is 290 Å². The van der Waals surface area contributed by atoms with Gasteiger partial charge in [-0.05, 0) is 25.7 Å². The summed E-state index contributed by atoms with van der Waals surface area (Å²) in [6, 6.07) is -0.559. The monoisotopic (exact) mass is 808 g/mol. The van der Waals surface area contributed by atoms with E-state index in [1.807, 2.05) is 0 Å². The Balaban J connectivity index is 3.44. The highest BCUT2D eigenvalue weighted by Crippen LogP contribution is 2.17. The fourth-order valence-electron chi connectivity index (χ4n) is 8.17. The van der Waals surface area contributed by atoms with Gasteiger partial charge in [-0.1, -0.05) is 251 Å². The lowest BCUT2D eigenvalue weighted by molar-refractivity contribution is -0.143. The molecule has 0 fully saturated rings. The summed E-state index contributed by atoms with van der Waals surface area (Å²) in [5.74, 6) is -0.0807. The number of nitrogens with one attached hydrogen (secondary N) is 1. The molecule has 0 heterocycles. The van der Waals surface area contributed by atoms with E-state index in [1.54, 1.807) is 0 Å². The molecule has 0 saturated heterocycles. The second-order valence-corrected chi connectivity index (χ2v) is 17.9. The zero-order chi connectivity index (χ0) is 41.5. The number of carbonyl (C=O) groups is 2. The van der Waals surface area contributed by atoms with Crippen LogP contribution in [0.3, 0.4) is 0 Å². The van der Waals surface area contributed by atoms with Gasteiger partial charge >= 0.3 is 5.97 Å². The van der Waals surface area contributed by atoms with Gasteiger partial charge in [-0.3, -0.25) is 9.59 Å². The van der Waals surface area contributed by atoms with Crippen molar-refractivity contribution in [3.8, 4) is 0 Å². The van der Waals surface area contributed by atoms with E-state index in [0.717, 1.165) is 57.8 Å². The van der Waals surface area contributed by atoms with Gasteiger partial charge in [0.05, 0.1) is 25.4 Å². The molecule has 340 valence electrons. The van der Waals surface area contributed by atoms with Crippen LogP contribution in [0.2, 0.25) is 0 Å². The molecule has 6 heteroatoms. The molecule has 0 radical (unpaired) electrons. The third-order valence-electron chi connectivity index (χ3n) is 12.2. The van der Waals surface area contributed by atoms with E-state index in [-0.39, 0.29) is 18.5 Å². The smallest absolute Gasteiger partial charge is 0.305 e. The predicted molar refractivity (Wildman–Crippen MR) is 246 cm³/mol. The Morgan fingerprint density at radius 1 is 0.421 bits per heavy atom. The van der Waals surface area contributed by atoms with E-state index in [1.165, 1.54) is 199 Å². The van der Waals surface area contributed by atoms with Crippen molar-refractivity contribution < 1.29 is 24.5 Å². The summed E-state index contributed by atoms with van der Waals surface area (Å²) in [7, 11) is 0. The molecule has 1 amide bonds. The van der Waals surface area contributed by atoms with Crippen LogP contribution in [0.5, 0.6) is 0 Å². The fraction of sp³-hybridized carbons (Fsp3) is 0.961. The summed E-state index contributed by atoms with van der Waals surface area (Å²) in [5.41, 5.74) is 0. The zero-order valence-corrected chi connectivity index (χ0v) is 38.6. The van der Waals surface area contributed by atoms with Crippen molar-refractivity contribution in [1.82, 2.24) is 5.32 Å². The lowest BCUT2D eigenvalue weighted by Gasteiger charge is -2.22. The number of esters is 1. The van der Waals surface area contributed by atoms with Crippen LogP contribution in [-0.2, 0) is 14.3 Å². The van der Waals surface area contributed by atoms with Crippen LogP contribution in [0, 0.1) is 0 Å². The molecule has 6 nitrogen and oxygen atoms in total. The molecule has 0 saturated carbocycles. The summed E-state index contributed by atoms with van der Waals surface area (Å²) < 4.78 is 5.46. The minimum Gasteiger partial charge on any atom is -0.466 e. The van der Waals surface area contributed by atoms with Gasteiger partial charge in [-0.25, -0.2) is 0 Å². The lowest BCUT2D eigenvalue weighted by Crippen LogP contribution is -2.45. The van der Waals surface area contributed by atoms with Crippen molar-refractivity contribution in [3.05, 3.63) is 0 Å². The van der Waals surface area contributed by atoms with Gasteiger partial charge in [0.15, 0.2) is 0 Å². The molecule has 2 unspecified atom stereocenters. The van der Waals surface area contributed by atoms with Gasteiger partial charge in [-0.15, -0.1) is 0 Å². The SMILES string of the molecule is CCCCCCCCCCCCCCCCCCCCC(=O)OCCCCCCCCCCCC(=O)NC(CO)C(O)CCCCCCCCCCCCCCC. The van der Waals surface area contributed by atoms with Crippen LogP contribution in [0.25, 0.3) is 0 Å². The molecule has 0 aromatic carbocycles. The van der Waals surface area contributed by atoms with Crippen LogP contribution in [0.4, 0.5) is 0 Å². The maximum atomic E-state index is 12.4. The Bertz CT molecular complexity index is 806. The van der Waals surface area contributed by atoms with Gasteiger partial charge in [0.1, 0.15) is 0 Å². The Hall–Kier alpha value is -1.14. The Labute approximate surface area is 356 Å². The highest BCUT2D eigenvalue weighted by molar-refractivity contribution is 5.76. The number of hydrogen-bond donors (Lipinski definition) is 3. The first-order chi connectivity index (χ1) is 28.0. The summed E-state index contributed by atoms with van der Waals surface area (Å²) >= 11 is 0. The maximum Gasteiger partial charge on any atom is 0.305 e. The summed E-state index contributed by atoms with van der Waals surface area (Å²) in [4.78, 5) is 24.5. The topological polar surface area (TPSA) is 95.9 Å². The molecule has 0 aromatic heterocycles. The summed E-state index contributed by atoms with van der Waals surface area (Å²) in [6.07, 6.45) is 52.1. The van der Waals surface area contributed by atoms with Crippen LogP contribution < -0.4 is 5.32 Å². The highest BCUT2D eigenvalue weighted by atomic mass is 16.5. The van der Waals surface area contributed by atoms with Gasteiger partial charge in [0.25, 0.3) is 0 Å². The zero-order valence-electron chi connectivity index (χ0n) is 38.6. The van der Waals surface area contributed by atoms with Gasteiger partial charge < -0.3 is 20.3 Å². The summed E-state index contributed by atoms with van der Waals surface area (Å²) in [5, 5.41) is 23.2. The molecule has 0 spiro atoms. The molecule has 0 rings (SSSR count). The first-order valence-corrected chi connectivity index (χ1v) is 25.8. The predicted octanol–water partition coefficient (Wildman–Crippen LogP) is 15.2. The number of carbonyl (C=O) groups excluding carboxylic acids is 2. The van der Waals surface area contributed by atoms with E-state index in [9.17, 15) is 19.8 Å². The molecular weight excluding hydrogens is 707 g/mol. The molecule has 0 aromatic rings. The lowest BCUT2D eigenvalue weighted by atomic mass is 10.0. The Morgan fingerprint density at radius 2 is 0.719 bits per heavy atom. The number of amides is 1. The van der Waals surface area contributed by atoms with Gasteiger partial charge in [0.2, 0.25) is 5.91 Å². The second-order valence-electron chi connectivity index (χ2n) is 17.9. The normalized spacial score (nSPS) is 12.6. The maximum absolute atomic E-state index is 12.4. The van der Waals surface area contributed by atoms with E-state index in [2.05, 4.69) is 19.2 Å². The molecule has 3 N–H and O–H groups in total. The van der Waals surface area contributed by atoms with Crippen LogP contribution >= 0.6 is 0 Å². The highest BCUT2D eigenvalue weighted by Gasteiger charge is 2.20. The Morgan fingerprint density at radius 3 is 1.07 bits per heavy atom. The van der Waals surface area contributed by atoms with Crippen LogP contribution in [-0.4, -0.2) is 47.4 Å². The van der Waals surface area contributed by atoms with Crippen molar-refractivity contribution >= 4 is 11.9 Å². The average Bonchev–Trinajstić information content (AvgIpc) is 3.21. The third-order valence-corrected chi connectivity index (χ3v) is 12.2. The van der Waals surface area contributed by atoms with E-state index >= 15 is 0 Å². The standard InChI is InChI=1S/C51H101NO5/c1-3-5-7-9-11-13-15-17-18-19-20-21-23-25-29-33-37-41-45-51(56)57-46-42-38-34-30-26-28-32-36-40-44-50(55)52-48(47-53)49(54)43-39-35-31-27-24-22-16-14-12-10-8-6-4-2/h48-49,53-54H,3-47H2,1-2H3,(H,52,55). The number of ether oxygens (including phenoxy) is 1. The van der Waals surface area contributed by atoms with E-state index in [0.29, 0.717) is 25.9 Å². The number of rotatable bonds is 48. The van der Waals surface area contributed by atoms with Gasteiger partial charge in [0, 0.05) is 12.8 Å². The first-order valence-electron chi connectivity index (χ1n) is 25.8. The third kappa shape index (κ3) is 44.2. The second kappa shape index (κ2) is 47.5. The molecular formula is C51H101NO5. The van der Waals surface area contributed by atoms with Crippen molar-refractivity contribution in [3.63, 3.8) is 0 Å². The molecule has 0 aliphatic carbocycles. The molecule has 0 bridgehead atoms.